The summed E-state index contributed by atoms with van der Waals surface area (Å²) in [4.78, 5) is 24.8. The Morgan fingerprint density at radius 2 is 1.94 bits per heavy atom. The number of halogens is 1. The average molecular weight is 266 g/mol. The Morgan fingerprint density at radius 3 is 2.61 bits per heavy atom. The second kappa shape index (κ2) is 4.54. The number of rotatable bonds is 2. The van der Waals surface area contributed by atoms with Gasteiger partial charge in [-0.2, -0.15) is 0 Å². The molecule has 0 bridgehead atoms. The lowest BCUT2D eigenvalue weighted by atomic mass is 10.1. The van der Waals surface area contributed by atoms with Gasteiger partial charge in [0.1, 0.15) is 5.75 Å². The zero-order chi connectivity index (χ0) is 13.3. The van der Waals surface area contributed by atoms with Gasteiger partial charge in [0, 0.05) is 22.3 Å². The van der Waals surface area contributed by atoms with Crippen LogP contribution in [-0.4, -0.2) is 21.2 Å². The second-order valence-corrected chi connectivity index (χ2v) is 4.01. The first-order valence-electron chi connectivity index (χ1n) is 4.94. The molecule has 6 heteroatoms. The van der Waals surface area contributed by atoms with E-state index in [4.69, 9.17) is 16.7 Å². The smallest absolute Gasteiger partial charge is 0.337 e. The molecular weight excluding hydrogens is 258 g/mol. The number of pyridine rings is 1. The van der Waals surface area contributed by atoms with Gasteiger partial charge in [0.15, 0.2) is 0 Å². The highest BCUT2D eigenvalue weighted by Gasteiger charge is 2.12. The van der Waals surface area contributed by atoms with E-state index in [9.17, 15) is 14.7 Å². The number of phenols is 1. The number of aromatic carboxylic acids is 1. The van der Waals surface area contributed by atoms with E-state index in [-0.39, 0.29) is 27.5 Å². The van der Waals surface area contributed by atoms with Crippen molar-refractivity contribution >= 4 is 17.6 Å². The van der Waals surface area contributed by atoms with Gasteiger partial charge >= 0.3 is 5.97 Å². The van der Waals surface area contributed by atoms with Crippen molar-refractivity contribution in [1.82, 2.24) is 4.98 Å². The third kappa shape index (κ3) is 2.21. The molecule has 2 aromatic rings. The average Bonchev–Trinajstić information content (AvgIpc) is 2.33. The maximum absolute atomic E-state index is 11.7. The number of aromatic nitrogens is 1. The number of nitrogens with one attached hydrogen (secondary N) is 1. The molecular formula is C12H8ClNO4. The minimum atomic E-state index is -1.16. The van der Waals surface area contributed by atoms with Crippen LogP contribution in [0, 0.1) is 0 Å². The molecule has 0 aliphatic heterocycles. The molecule has 0 saturated heterocycles. The Hall–Kier alpha value is -2.27. The zero-order valence-corrected chi connectivity index (χ0v) is 9.73. The summed E-state index contributed by atoms with van der Waals surface area (Å²) in [7, 11) is 0. The van der Waals surface area contributed by atoms with Crippen molar-refractivity contribution in [1.29, 1.82) is 0 Å². The van der Waals surface area contributed by atoms with Gasteiger partial charge in [0.05, 0.1) is 5.56 Å². The molecule has 0 radical (unpaired) electrons. The summed E-state index contributed by atoms with van der Waals surface area (Å²) in [6, 6.07) is 5.32. The number of carbonyl (C=O) groups is 1. The number of hydrogen-bond donors (Lipinski definition) is 3. The molecule has 1 heterocycles. The summed E-state index contributed by atoms with van der Waals surface area (Å²) >= 11 is 5.92. The number of carboxylic acids is 1. The SMILES string of the molecule is O=C(O)c1c[nH]c(=O)c(-c2cc(O)ccc2Cl)c1. The monoisotopic (exact) mass is 265 g/mol. The molecule has 1 aromatic heterocycles. The Bertz CT molecular complexity index is 678. The van der Waals surface area contributed by atoms with E-state index >= 15 is 0 Å². The summed E-state index contributed by atoms with van der Waals surface area (Å²) in [6.07, 6.45) is 1.10. The summed E-state index contributed by atoms with van der Waals surface area (Å²) in [5.74, 6) is -1.22. The number of aromatic amines is 1. The van der Waals surface area contributed by atoms with Crippen LogP contribution in [-0.2, 0) is 0 Å². The minimum absolute atomic E-state index is 0.0606. The van der Waals surface area contributed by atoms with Gasteiger partial charge in [0.25, 0.3) is 5.56 Å². The van der Waals surface area contributed by atoms with Crippen molar-refractivity contribution in [2.45, 2.75) is 0 Å². The van der Waals surface area contributed by atoms with Crippen LogP contribution >= 0.6 is 11.6 Å². The molecule has 92 valence electrons. The largest absolute Gasteiger partial charge is 0.508 e. The Labute approximate surface area is 106 Å². The van der Waals surface area contributed by atoms with Gasteiger partial charge in [-0.05, 0) is 24.3 Å². The quantitative estimate of drug-likeness (QED) is 0.775. The fraction of sp³-hybridized carbons (Fsp3) is 0. The highest BCUT2D eigenvalue weighted by molar-refractivity contribution is 6.33. The standard InChI is InChI=1S/C12H8ClNO4/c13-10-2-1-7(15)4-8(10)9-3-6(12(17)18)5-14-11(9)16/h1-5,15H,(H,14,16)(H,17,18). The maximum Gasteiger partial charge on any atom is 0.337 e. The molecule has 0 unspecified atom stereocenters. The molecule has 0 aliphatic rings. The fourth-order valence-corrected chi connectivity index (χ4v) is 1.75. The lowest BCUT2D eigenvalue weighted by Crippen LogP contribution is -2.11. The summed E-state index contributed by atoms with van der Waals surface area (Å²) < 4.78 is 0. The van der Waals surface area contributed by atoms with Crippen LogP contribution in [0.3, 0.4) is 0 Å². The highest BCUT2D eigenvalue weighted by Crippen LogP contribution is 2.29. The van der Waals surface area contributed by atoms with Gasteiger partial charge < -0.3 is 15.2 Å². The predicted octanol–water partition coefficient (Wildman–Crippen LogP) is 2.10. The molecule has 0 aliphatic carbocycles. The highest BCUT2D eigenvalue weighted by atomic mass is 35.5. The van der Waals surface area contributed by atoms with E-state index in [2.05, 4.69) is 4.98 Å². The predicted molar refractivity (Wildman–Crippen MR) is 66.1 cm³/mol. The van der Waals surface area contributed by atoms with E-state index in [1.165, 1.54) is 24.3 Å². The number of phenolic OH excluding ortho intramolecular Hbond substituents is 1. The van der Waals surface area contributed by atoms with E-state index in [1.54, 1.807) is 0 Å². The molecule has 1 aromatic carbocycles. The molecule has 0 fully saturated rings. The Kier molecular flexibility index (Phi) is 3.08. The third-order valence-corrected chi connectivity index (χ3v) is 2.72. The Morgan fingerprint density at radius 1 is 1.22 bits per heavy atom. The van der Waals surface area contributed by atoms with Gasteiger partial charge in [-0.25, -0.2) is 4.79 Å². The van der Waals surface area contributed by atoms with Gasteiger partial charge in [-0.1, -0.05) is 11.6 Å². The van der Waals surface area contributed by atoms with Gasteiger partial charge in [-0.15, -0.1) is 0 Å². The second-order valence-electron chi connectivity index (χ2n) is 3.60. The first-order chi connectivity index (χ1) is 8.49. The molecule has 0 amide bonds. The van der Waals surface area contributed by atoms with Crippen molar-refractivity contribution in [3.05, 3.63) is 51.4 Å². The van der Waals surface area contributed by atoms with Gasteiger partial charge in [0.2, 0.25) is 0 Å². The van der Waals surface area contributed by atoms with Crippen molar-refractivity contribution in [3.63, 3.8) is 0 Å². The van der Waals surface area contributed by atoms with E-state index < -0.39 is 11.5 Å². The molecule has 18 heavy (non-hydrogen) atoms. The van der Waals surface area contributed by atoms with E-state index in [0.29, 0.717) is 0 Å². The topological polar surface area (TPSA) is 90.4 Å². The molecule has 2 rings (SSSR count). The Balaban J connectivity index is 2.70. The maximum atomic E-state index is 11.7. The van der Waals surface area contributed by atoms with Crippen LogP contribution < -0.4 is 5.56 Å². The van der Waals surface area contributed by atoms with Crippen molar-refractivity contribution in [2.24, 2.45) is 0 Å². The van der Waals surface area contributed by atoms with Crippen LogP contribution in [0.4, 0.5) is 0 Å². The first kappa shape index (κ1) is 12.2. The number of H-pyrrole nitrogens is 1. The third-order valence-electron chi connectivity index (χ3n) is 2.39. The van der Waals surface area contributed by atoms with Gasteiger partial charge in [-0.3, -0.25) is 4.79 Å². The molecule has 0 atom stereocenters. The summed E-state index contributed by atoms with van der Waals surface area (Å²) in [5, 5.41) is 18.5. The number of carboxylic acid groups (broad SMARTS) is 1. The van der Waals surface area contributed by atoms with Crippen molar-refractivity contribution < 1.29 is 15.0 Å². The van der Waals surface area contributed by atoms with E-state index in [1.807, 2.05) is 0 Å². The number of benzene rings is 1. The van der Waals surface area contributed by atoms with E-state index in [0.717, 1.165) is 6.20 Å². The summed E-state index contributed by atoms with van der Waals surface area (Å²) in [5.41, 5.74) is -0.173. The number of aromatic hydroxyl groups is 1. The first-order valence-corrected chi connectivity index (χ1v) is 5.32. The van der Waals surface area contributed by atoms with Crippen molar-refractivity contribution in [3.8, 4) is 16.9 Å². The zero-order valence-electron chi connectivity index (χ0n) is 8.98. The van der Waals surface area contributed by atoms with Crippen LogP contribution in [0.1, 0.15) is 10.4 Å². The van der Waals surface area contributed by atoms with Crippen LogP contribution in [0.15, 0.2) is 35.3 Å². The fourth-order valence-electron chi connectivity index (χ4n) is 1.53. The van der Waals surface area contributed by atoms with Crippen LogP contribution in [0.2, 0.25) is 5.02 Å². The van der Waals surface area contributed by atoms with Crippen LogP contribution in [0.5, 0.6) is 5.75 Å². The lowest BCUT2D eigenvalue weighted by Gasteiger charge is -2.05. The summed E-state index contributed by atoms with van der Waals surface area (Å²) in [6.45, 7) is 0. The minimum Gasteiger partial charge on any atom is -0.508 e. The normalized spacial score (nSPS) is 10.3. The van der Waals surface area contributed by atoms with Crippen molar-refractivity contribution in [2.75, 3.05) is 0 Å². The molecule has 0 saturated carbocycles. The molecule has 5 nitrogen and oxygen atoms in total. The molecule has 0 spiro atoms. The molecule has 3 N–H and O–H groups in total. The lowest BCUT2D eigenvalue weighted by molar-refractivity contribution is 0.0696. The number of hydrogen-bond acceptors (Lipinski definition) is 3. The van der Waals surface area contributed by atoms with Crippen LogP contribution in [0.25, 0.3) is 11.1 Å².